The SMILES string of the molecule is CCCCN1C(=O)C(=C2SC(=S)N(c3cc(OC)ccc3OC)C2=O)c2ccccc21. The van der Waals surface area contributed by atoms with E-state index in [0.29, 0.717) is 38.5 Å². The van der Waals surface area contributed by atoms with Crippen LogP contribution < -0.4 is 19.3 Å². The molecule has 2 aromatic rings. The molecular weight excluding hydrogens is 432 g/mol. The highest BCUT2D eigenvalue weighted by Gasteiger charge is 2.43. The van der Waals surface area contributed by atoms with Gasteiger partial charge in [0.15, 0.2) is 4.32 Å². The first-order valence-electron chi connectivity index (χ1n) is 9.95. The number of rotatable bonds is 6. The zero-order valence-electron chi connectivity index (χ0n) is 17.5. The normalized spacial score (nSPS) is 18.1. The summed E-state index contributed by atoms with van der Waals surface area (Å²) in [7, 11) is 3.08. The van der Waals surface area contributed by atoms with Crippen LogP contribution >= 0.6 is 24.0 Å². The molecule has 4 rings (SSSR count). The lowest BCUT2D eigenvalue weighted by atomic mass is 10.1. The number of hydrogen-bond acceptors (Lipinski definition) is 6. The van der Waals surface area contributed by atoms with Gasteiger partial charge in [0.1, 0.15) is 11.5 Å². The Kier molecular flexibility index (Phi) is 6.02. The van der Waals surface area contributed by atoms with E-state index < -0.39 is 0 Å². The molecule has 0 aromatic heterocycles. The minimum Gasteiger partial charge on any atom is -0.497 e. The van der Waals surface area contributed by atoms with E-state index in [1.165, 1.54) is 12.0 Å². The van der Waals surface area contributed by atoms with Crippen LogP contribution in [-0.2, 0) is 9.59 Å². The van der Waals surface area contributed by atoms with Crippen LogP contribution in [0, 0.1) is 0 Å². The van der Waals surface area contributed by atoms with Gasteiger partial charge >= 0.3 is 0 Å². The molecule has 2 aliphatic heterocycles. The van der Waals surface area contributed by atoms with Crippen molar-refractivity contribution in [3.63, 3.8) is 0 Å². The summed E-state index contributed by atoms with van der Waals surface area (Å²) in [4.78, 5) is 30.4. The van der Waals surface area contributed by atoms with Gasteiger partial charge in [0.2, 0.25) is 0 Å². The van der Waals surface area contributed by atoms with Crippen molar-refractivity contribution in [2.24, 2.45) is 0 Å². The minimum absolute atomic E-state index is 0.159. The number of methoxy groups -OCH3 is 2. The average molecular weight is 455 g/mol. The van der Waals surface area contributed by atoms with Crippen molar-refractivity contribution < 1.29 is 19.1 Å². The molecular formula is C23H22N2O4S2. The van der Waals surface area contributed by atoms with E-state index in [1.54, 1.807) is 30.2 Å². The maximum absolute atomic E-state index is 13.5. The van der Waals surface area contributed by atoms with Crippen molar-refractivity contribution >= 4 is 57.1 Å². The molecule has 0 saturated carbocycles. The number of anilines is 2. The van der Waals surface area contributed by atoms with Gasteiger partial charge in [0.25, 0.3) is 11.8 Å². The van der Waals surface area contributed by atoms with Crippen LogP contribution in [0.2, 0.25) is 0 Å². The van der Waals surface area contributed by atoms with E-state index in [4.69, 9.17) is 21.7 Å². The maximum Gasteiger partial charge on any atom is 0.271 e. The third kappa shape index (κ3) is 3.59. The van der Waals surface area contributed by atoms with E-state index in [1.807, 2.05) is 24.3 Å². The van der Waals surface area contributed by atoms with Gasteiger partial charge in [-0.25, -0.2) is 0 Å². The first kappa shape index (κ1) is 21.4. The quantitative estimate of drug-likeness (QED) is 0.469. The lowest BCUT2D eigenvalue weighted by molar-refractivity contribution is -0.115. The zero-order chi connectivity index (χ0) is 22.1. The number of nitrogens with zero attached hydrogens (tertiary/aromatic N) is 2. The van der Waals surface area contributed by atoms with Gasteiger partial charge in [-0.05, 0) is 24.6 Å². The van der Waals surface area contributed by atoms with Crippen molar-refractivity contribution in [1.82, 2.24) is 0 Å². The second-order valence-corrected chi connectivity index (χ2v) is 8.72. The zero-order valence-corrected chi connectivity index (χ0v) is 19.1. The van der Waals surface area contributed by atoms with Crippen LogP contribution in [0.5, 0.6) is 11.5 Å². The number of para-hydroxylation sites is 1. The van der Waals surface area contributed by atoms with Gasteiger partial charge in [-0.2, -0.15) is 0 Å². The summed E-state index contributed by atoms with van der Waals surface area (Å²) in [6.45, 7) is 2.69. The fraction of sp³-hybridized carbons (Fsp3) is 0.261. The highest BCUT2D eigenvalue weighted by atomic mass is 32.2. The van der Waals surface area contributed by atoms with Gasteiger partial charge in [0, 0.05) is 18.2 Å². The molecule has 2 aliphatic rings. The van der Waals surface area contributed by atoms with E-state index in [0.717, 1.165) is 35.9 Å². The molecule has 2 amide bonds. The number of hydrogen-bond donors (Lipinski definition) is 0. The lowest BCUT2D eigenvalue weighted by Gasteiger charge is -2.18. The second-order valence-electron chi connectivity index (χ2n) is 7.08. The summed E-state index contributed by atoms with van der Waals surface area (Å²) < 4.78 is 11.1. The molecule has 0 aliphatic carbocycles. The standard InChI is InChI=1S/C23H22N2O4S2/c1-4-5-12-24-16-9-7-6-8-15(16)19(21(24)26)20-22(27)25(23(30)31-20)17-13-14(28-2)10-11-18(17)29-3/h6-11,13H,4-5,12H2,1-3H3. The maximum atomic E-state index is 13.5. The van der Waals surface area contributed by atoms with E-state index in [2.05, 4.69) is 6.92 Å². The van der Waals surface area contributed by atoms with Crippen molar-refractivity contribution in [1.29, 1.82) is 0 Å². The molecule has 160 valence electrons. The third-order valence-electron chi connectivity index (χ3n) is 5.28. The largest absolute Gasteiger partial charge is 0.497 e. The topological polar surface area (TPSA) is 59.1 Å². The van der Waals surface area contributed by atoms with Crippen molar-refractivity contribution in [3.05, 3.63) is 52.9 Å². The highest BCUT2D eigenvalue weighted by molar-refractivity contribution is 8.27. The summed E-state index contributed by atoms with van der Waals surface area (Å²) in [5.41, 5.74) is 2.50. The number of carbonyl (C=O) groups is 2. The van der Waals surface area contributed by atoms with Crippen LogP contribution in [0.15, 0.2) is 47.4 Å². The van der Waals surface area contributed by atoms with E-state index in [-0.39, 0.29) is 11.8 Å². The number of fused-ring (bicyclic) bond motifs is 1. The molecule has 31 heavy (non-hydrogen) atoms. The summed E-state index contributed by atoms with van der Waals surface area (Å²) in [6.07, 6.45) is 1.86. The fourth-order valence-electron chi connectivity index (χ4n) is 3.74. The Balaban J connectivity index is 1.81. The molecule has 0 unspecified atom stereocenters. The highest BCUT2D eigenvalue weighted by Crippen LogP contribution is 2.47. The molecule has 6 nitrogen and oxygen atoms in total. The Morgan fingerprint density at radius 1 is 1.00 bits per heavy atom. The monoisotopic (exact) mass is 454 g/mol. The first-order valence-corrected chi connectivity index (χ1v) is 11.2. The van der Waals surface area contributed by atoms with Crippen LogP contribution in [0.1, 0.15) is 25.3 Å². The molecule has 0 radical (unpaired) electrons. The van der Waals surface area contributed by atoms with Gasteiger partial charge in [0.05, 0.1) is 36.1 Å². The minimum atomic E-state index is -0.336. The number of carbonyl (C=O) groups excluding carboxylic acids is 2. The van der Waals surface area contributed by atoms with Gasteiger partial charge in [-0.15, -0.1) is 0 Å². The molecule has 8 heteroatoms. The van der Waals surface area contributed by atoms with Gasteiger partial charge < -0.3 is 14.4 Å². The summed E-state index contributed by atoms with van der Waals surface area (Å²) in [5, 5.41) is 0. The number of amides is 2. The molecule has 0 atom stereocenters. The second kappa shape index (κ2) is 8.72. The molecule has 2 heterocycles. The Morgan fingerprint density at radius 3 is 2.48 bits per heavy atom. The smallest absolute Gasteiger partial charge is 0.271 e. The average Bonchev–Trinajstić information content (AvgIpc) is 3.23. The summed E-state index contributed by atoms with van der Waals surface area (Å²) >= 11 is 6.69. The lowest BCUT2D eigenvalue weighted by Crippen LogP contribution is -2.30. The molecule has 1 fully saturated rings. The molecule has 0 bridgehead atoms. The van der Waals surface area contributed by atoms with Gasteiger partial charge in [-0.3, -0.25) is 14.5 Å². The van der Waals surface area contributed by atoms with E-state index in [9.17, 15) is 9.59 Å². The van der Waals surface area contributed by atoms with Crippen molar-refractivity contribution in [3.8, 4) is 11.5 Å². The van der Waals surface area contributed by atoms with Crippen molar-refractivity contribution in [2.45, 2.75) is 19.8 Å². The van der Waals surface area contributed by atoms with Gasteiger partial charge in [-0.1, -0.05) is 55.5 Å². The van der Waals surface area contributed by atoms with Crippen molar-refractivity contribution in [2.75, 3.05) is 30.6 Å². The number of thiocarbonyl (C=S) groups is 1. The molecule has 1 saturated heterocycles. The molecule has 0 N–H and O–H groups in total. The molecule has 0 spiro atoms. The van der Waals surface area contributed by atoms with Crippen LogP contribution in [0.3, 0.4) is 0 Å². The molecule has 2 aromatic carbocycles. The number of ether oxygens (including phenoxy) is 2. The van der Waals surface area contributed by atoms with Crippen LogP contribution in [0.4, 0.5) is 11.4 Å². The Labute approximate surface area is 190 Å². The van der Waals surface area contributed by atoms with Crippen LogP contribution in [0.25, 0.3) is 5.57 Å². The predicted molar refractivity (Wildman–Crippen MR) is 128 cm³/mol. The third-order valence-corrected chi connectivity index (χ3v) is 6.65. The summed E-state index contributed by atoms with van der Waals surface area (Å²) in [6, 6.07) is 12.8. The number of thioether (sulfide) groups is 1. The number of unbranched alkanes of at least 4 members (excludes halogenated alkanes) is 1. The predicted octanol–water partition coefficient (Wildman–Crippen LogP) is 4.63. The Hall–Kier alpha value is -2.84. The Bertz CT molecular complexity index is 1110. The Morgan fingerprint density at radius 2 is 1.77 bits per heavy atom. The summed E-state index contributed by atoms with van der Waals surface area (Å²) in [5.74, 6) is 0.571. The first-order chi connectivity index (χ1) is 15.0. The number of benzene rings is 2. The fourth-order valence-corrected chi connectivity index (χ4v) is 5.09. The van der Waals surface area contributed by atoms with E-state index >= 15 is 0 Å². The van der Waals surface area contributed by atoms with Crippen LogP contribution in [-0.4, -0.2) is 36.9 Å².